The van der Waals surface area contributed by atoms with Crippen LogP contribution in [0.4, 0.5) is 4.39 Å². The highest BCUT2D eigenvalue weighted by Gasteiger charge is 2.15. The van der Waals surface area contributed by atoms with Crippen molar-refractivity contribution in [1.82, 2.24) is 14.7 Å². The topological polar surface area (TPSA) is 67.6 Å². The largest absolute Gasteiger partial charge is 0.345 e. The summed E-state index contributed by atoms with van der Waals surface area (Å²) >= 11 is 5.73. The third kappa shape index (κ3) is 2.39. The first-order valence-corrected chi connectivity index (χ1v) is 6.32. The fourth-order valence-electron chi connectivity index (χ4n) is 1.92. The second kappa shape index (κ2) is 5.04. The zero-order valence-electron chi connectivity index (χ0n) is 10.8. The quantitative estimate of drug-likeness (QED) is 0.727. The van der Waals surface area contributed by atoms with E-state index in [1.165, 1.54) is 18.2 Å². The summed E-state index contributed by atoms with van der Waals surface area (Å²) < 4.78 is 20.1. The van der Waals surface area contributed by atoms with Gasteiger partial charge in [0, 0.05) is 18.8 Å². The van der Waals surface area contributed by atoms with Gasteiger partial charge in [0.05, 0.1) is 10.6 Å². The summed E-state index contributed by atoms with van der Waals surface area (Å²) in [6, 6.07) is 7.87. The third-order valence-electron chi connectivity index (χ3n) is 2.96. The number of hydrogen-bond acceptors (Lipinski definition) is 4. The molecule has 0 unspecified atom stereocenters. The van der Waals surface area contributed by atoms with Gasteiger partial charge in [0.15, 0.2) is 0 Å². The molecule has 0 saturated carbocycles. The molecule has 0 amide bonds. The molecule has 0 fully saturated rings. The summed E-state index contributed by atoms with van der Waals surface area (Å²) in [6.07, 6.45) is 1.66. The van der Waals surface area contributed by atoms with Gasteiger partial charge in [-0.05, 0) is 24.3 Å². The van der Waals surface area contributed by atoms with Gasteiger partial charge in [-0.15, -0.1) is 0 Å². The third-order valence-corrected chi connectivity index (χ3v) is 3.25. The predicted molar refractivity (Wildman–Crippen MR) is 73.8 cm³/mol. The smallest absolute Gasteiger partial charge is 0.274 e. The summed E-state index contributed by atoms with van der Waals surface area (Å²) in [5.41, 5.74) is 1.67. The minimum atomic E-state index is -0.509. The SMILES string of the molecule is Cn1cc(C#N)cc1-c1nc(-c2ccc(F)c(Cl)c2)no1. The number of aromatic nitrogens is 3. The van der Waals surface area contributed by atoms with E-state index < -0.39 is 5.82 Å². The first kappa shape index (κ1) is 13.3. The molecule has 0 atom stereocenters. The molecule has 0 aliphatic heterocycles. The predicted octanol–water partition coefficient (Wildman–Crippen LogP) is 3.41. The number of benzene rings is 1. The van der Waals surface area contributed by atoms with Gasteiger partial charge >= 0.3 is 0 Å². The number of halogens is 2. The molecule has 0 saturated heterocycles. The maximum atomic E-state index is 13.1. The molecule has 5 nitrogen and oxygen atoms in total. The molecule has 0 bridgehead atoms. The van der Waals surface area contributed by atoms with Crippen LogP contribution in [0.25, 0.3) is 23.0 Å². The van der Waals surface area contributed by atoms with Gasteiger partial charge in [0.2, 0.25) is 5.82 Å². The number of nitriles is 1. The van der Waals surface area contributed by atoms with Crippen molar-refractivity contribution < 1.29 is 8.91 Å². The molecule has 0 N–H and O–H groups in total. The maximum Gasteiger partial charge on any atom is 0.274 e. The van der Waals surface area contributed by atoms with Crippen molar-refractivity contribution in [1.29, 1.82) is 5.26 Å². The van der Waals surface area contributed by atoms with E-state index in [1.54, 1.807) is 23.9 Å². The van der Waals surface area contributed by atoms with Crippen molar-refractivity contribution in [2.75, 3.05) is 0 Å². The van der Waals surface area contributed by atoms with Gasteiger partial charge < -0.3 is 9.09 Å². The molecular formula is C14H8ClFN4O. The molecule has 3 aromatic rings. The highest BCUT2D eigenvalue weighted by atomic mass is 35.5. The van der Waals surface area contributed by atoms with Crippen molar-refractivity contribution in [3.8, 4) is 29.0 Å². The van der Waals surface area contributed by atoms with E-state index in [0.717, 1.165) is 0 Å². The van der Waals surface area contributed by atoms with Crippen LogP contribution < -0.4 is 0 Å². The van der Waals surface area contributed by atoms with Crippen LogP contribution in [0.2, 0.25) is 5.02 Å². The van der Waals surface area contributed by atoms with Crippen LogP contribution in [0.3, 0.4) is 0 Å². The Morgan fingerprint density at radius 3 is 2.86 bits per heavy atom. The molecule has 0 radical (unpaired) electrons. The van der Waals surface area contributed by atoms with Crippen LogP contribution >= 0.6 is 11.6 Å². The van der Waals surface area contributed by atoms with E-state index in [9.17, 15) is 4.39 Å². The molecule has 3 rings (SSSR count). The molecule has 2 aromatic heterocycles. The van der Waals surface area contributed by atoms with Gasteiger partial charge in [-0.1, -0.05) is 16.8 Å². The lowest BCUT2D eigenvalue weighted by atomic mass is 10.2. The van der Waals surface area contributed by atoms with E-state index in [1.807, 2.05) is 6.07 Å². The normalized spacial score (nSPS) is 10.6. The zero-order valence-corrected chi connectivity index (χ0v) is 11.6. The van der Waals surface area contributed by atoms with Crippen LogP contribution in [0.5, 0.6) is 0 Å². The van der Waals surface area contributed by atoms with Crippen molar-refractivity contribution in [3.63, 3.8) is 0 Å². The average molecular weight is 303 g/mol. The fraction of sp³-hybridized carbons (Fsp3) is 0.0714. The second-order valence-electron chi connectivity index (χ2n) is 4.39. The lowest BCUT2D eigenvalue weighted by Crippen LogP contribution is -1.89. The Morgan fingerprint density at radius 1 is 1.38 bits per heavy atom. The lowest BCUT2D eigenvalue weighted by Gasteiger charge is -1.97. The average Bonchev–Trinajstić information content (AvgIpc) is 3.08. The standard InChI is InChI=1S/C14H8ClFN4O/c1-20-7-8(6-17)4-12(20)14-18-13(19-21-14)9-2-3-11(16)10(15)5-9/h2-5,7H,1H3. The number of rotatable bonds is 2. The molecule has 104 valence electrons. The van der Waals surface area contributed by atoms with Crippen molar-refractivity contribution in [2.24, 2.45) is 7.05 Å². The van der Waals surface area contributed by atoms with Crippen LogP contribution in [0, 0.1) is 17.1 Å². The van der Waals surface area contributed by atoms with Gasteiger partial charge in [-0.25, -0.2) is 4.39 Å². The van der Waals surface area contributed by atoms with E-state index in [-0.39, 0.29) is 10.9 Å². The van der Waals surface area contributed by atoms with Gasteiger partial charge in [-0.3, -0.25) is 0 Å². The molecule has 7 heteroatoms. The highest BCUT2D eigenvalue weighted by Crippen LogP contribution is 2.26. The van der Waals surface area contributed by atoms with Crippen LogP contribution in [-0.4, -0.2) is 14.7 Å². The number of aryl methyl sites for hydroxylation is 1. The first-order valence-electron chi connectivity index (χ1n) is 5.94. The fourth-order valence-corrected chi connectivity index (χ4v) is 2.10. The van der Waals surface area contributed by atoms with Crippen molar-refractivity contribution in [3.05, 3.63) is 46.9 Å². The number of nitrogens with zero attached hydrogens (tertiary/aromatic N) is 4. The first-order chi connectivity index (χ1) is 10.1. The van der Waals surface area contributed by atoms with Gasteiger partial charge in [0.25, 0.3) is 5.89 Å². The Bertz CT molecular complexity index is 862. The van der Waals surface area contributed by atoms with E-state index in [0.29, 0.717) is 22.6 Å². The molecule has 1 aromatic carbocycles. The molecular weight excluding hydrogens is 295 g/mol. The molecule has 0 aliphatic rings. The Morgan fingerprint density at radius 2 is 2.19 bits per heavy atom. The monoisotopic (exact) mass is 302 g/mol. The Hall–Kier alpha value is -2.65. The summed E-state index contributed by atoms with van der Waals surface area (Å²) in [7, 11) is 1.77. The summed E-state index contributed by atoms with van der Waals surface area (Å²) in [6.45, 7) is 0. The van der Waals surface area contributed by atoms with E-state index >= 15 is 0 Å². The molecule has 2 heterocycles. The zero-order chi connectivity index (χ0) is 15.0. The minimum Gasteiger partial charge on any atom is -0.345 e. The highest BCUT2D eigenvalue weighted by molar-refractivity contribution is 6.31. The summed E-state index contributed by atoms with van der Waals surface area (Å²) in [5, 5.41) is 12.7. The molecule has 0 spiro atoms. The summed E-state index contributed by atoms with van der Waals surface area (Å²) in [5.74, 6) is 0.0614. The Balaban J connectivity index is 2.01. The molecule has 0 aliphatic carbocycles. The Kier molecular flexibility index (Phi) is 3.20. The molecule has 21 heavy (non-hydrogen) atoms. The van der Waals surface area contributed by atoms with Crippen molar-refractivity contribution in [2.45, 2.75) is 0 Å². The van der Waals surface area contributed by atoms with Crippen LogP contribution in [0.1, 0.15) is 5.56 Å². The minimum absolute atomic E-state index is 0.00974. The van der Waals surface area contributed by atoms with Crippen molar-refractivity contribution >= 4 is 11.6 Å². The van der Waals surface area contributed by atoms with Gasteiger partial charge in [-0.2, -0.15) is 10.2 Å². The van der Waals surface area contributed by atoms with Crippen LogP contribution in [0.15, 0.2) is 35.0 Å². The van der Waals surface area contributed by atoms with E-state index in [2.05, 4.69) is 10.1 Å². The lowest BCUT2D eigenvalue weighted by molar-refractivity contribution is 0.429. The van der Waals surface area contributed by atoms with Gasteiger partial charge in [0.1, 0.15) is 17.6 Å². The van der Waals surface area contributed by atoms with E-state index in [4.69, 9.17) is 21.4 Å². The Labute approximate surface area is 124 Å². The maximum absolute atomic E-state index is 13.1. The summed E-state index contributed by atoms with van der Waals surface area (Å²) in [4.78, 5) is 4.24. The second-order valence-corrected chi connectivity index (χ2v) is 4.80. The number of hydrogen-bond donors (Lipinski definition) is 0. The van der Waals surface area contributed by atoms with Crippen LogP contribution in [-0.2, 0) is 7.05 Å².